The molecule has 1 heterocycles. The van der Waals surface area contributed by atoms with Crippen LogP contribution in [0.2, 0.25) is 0 Å². The molecule has 0 saturated carbocycles. The molecule has 2 nitrogen and oxygen atoms in total. The van der Waals surface area contributed by atoms with Crippen LogP contribution >= 0.6 is 11.3 Å². The monoisotopic (exact) mass is 240 g/mol. The summed E-state index contributed by atoms with van der Waals surface area (Å²) in [5.41, 5.74) is 2.22. The van der Waals surface area contributed by atoms with Gasteiger partial charge in [0.1, 0.15) is 5.01 Å². The number of anilines is 1. The highest BCUT2D eigenvalue weighted by atomic mass is 32.1. The number of aromatic nitrogens is 1. The highest BCUT2D eigenvalue weighted by Crippen LogP contribution is 2.22. The molecule has 0 bridgehead atoms. The molecule has 84 valence electrons. The predicted octanol–water partition coefficient (Wildman–Crippen LogP) is 3.91. The third kappa shape index (κ3) is 2.29. The molecule has 0 aliphatic heterocycles. The van der Waals surface area contributed by atoms with Crippen LogP contribution in [0.15, 0.2) is 54.6 Å². The number of para-hydroxylation sites is 2. The minimum absolute atomic E-state index is 0.781. The van der Waals surface area contributed by atoms with Crippen molar-refractivity contribution in [1.82, 2.24) is 4.98 Å². The first kappa shape index (κ1) is 10.3. The summed E-state index contributed by atoms with van der Waals surface area (Å²) < 4.78 is 1.25. The molecule has 3 aromatic rings. The molecule has 2 aromatic carbocycles. The lowest BCUT2D eigenvalue weighted by Crippen LogP contribution is -1.97. The highest BCUT2D eigenvalue weighted by molar-refractivity contribution is 7.18. The molecule has 0 saturated heterocycles. The summed E-state index contributed by atoms with van der Waals surface area (Å²) in [7, 11) is 0. The first-order chi connectivity index (χ1) is 8.42. The maximum Gasteiger partial charge on any atom is 0.113 e. The molecule has 0 amide bonds. The van der Waals surface area contributed by atoms with E-state index in [9.17, 15) is 0 Å². The van der Waals surface area contributed by atoms with E-state index in [1.807, 2.05) is 24.3 Å². The molecule has 0 atom stereocenters. The predicted molar refractivity (Wildman–Crippen MR) is 73.4 cm³/mol. The van der Waals surface area contributed by atoms with Gasteiger partial charge in [-0.3, -0.25) is 0 Å². The van der Waals surface area contributed by atoms with Crippen molar-refractivity contribution in [2.45, 2.75) is 6.54 Å². The Kier molecular flexibility index (Phi) is 2.76. The first-order valence-electron chi connectivity index (χ1n) is 5.55. The van der Waals surface area contributed by atoms with Crippen molar-refractivity contribution in [2.75, 3.05) is 5.32 Å². The van der Waals surface area contributed by atoms with E-state index in [1.54, 1.807) is 11.3 Å². The molecule has 1 N–H and O–H groups in total. The number of fused-ring (bicyclic) bond motifs is 1. The zero-order chi connectivity index (χ0) is 11.5. The second kappa shape index (κ2) is 4.55. The largest absolute Gasteiger partial charge is 0.379 e. The molecule has 0 aliphatic carbocycles. The van der Waals surface area contributed by atoms with Crippen molar-refractivity contribution in [1.29, 1.82) is 0 Å². The van der Waals surface area contributed by atoms with E-state index in [4.69, 9.17) is 0 Å². The maximum atomic E-state index is 4.58. The van der Waals surface area contributed by atoms with E-state index in [-0.39, 0.29) is 0 Å². The van der Waals surface area contributed by atoms with Gasteiger partial charge in [0.2, 0.25) is 0 Å². The second-order valence-corrected chi connectivity index (χ2v) is 4.91. The Balaban J connectivity index is 1.77. The van der Waals surface area contributed by atoms with Crippen LogP contribution < -0.4 is 5.32 Å². The summed E-state index contributed by atoms with van der Waals surface area (Å²) in [6, 6.07) is 18.4. The smallest absolute Gasteiger partial charge is 0.113 e. The third-order valence-electron chi connectivity index (χ3n) is 2.56. The summed E-state index contributed by atoms with van der Waals surface area (Å²) in [5, 5.41) is 4.49. The Morgan fingerprint density at radius 2 is 1.71 bits per heavy atom. The Morgan fingerprint density at radius 3 is 2.53 bits per heavy atom. The van der Waals surface area contributed by atoms with Crippen molar-refractivity contribution in [2.24, 2.45) is 0 Å². The van der Waals surface area contributed by atoms with Gasteiger partial charge in [-0.1, -0.05) is 30.3 Å². The third-order valence-corrected chi connectivity index (χ3v) is 3.59. The lowest BCUT2D eigenvalue weighted by Gasteiger charge is -2.02. The average molecular weight is 240 g/mol. The molecule has 1 aromatic heterocycles. The second-order valence-electron chi connectivity index (χ2n) is 3.79. The molecule has 0 radical (unpaired) electrons. The fourth-order valence-corrected chi connectivity index (χ4v) is 2.64. The van der Waals surface area contributed by atoms with Gasteiger partial charge in [0.15, 0.2) is 0 Å². The van der Waals surface area contributed by atoms with E-state index in [0.717, 1.165) is 22.8 Å². The van der Waals surface area contributed by atoms with Gasteiger partial charge in [0.05, 0.1) is 16.8 Å². The lowest BCUT2D eigenvalue weighted by atomic mass is 10.3. The summed E-state index contributed by atoms with van der Waals surface area (Å²) >= 11 is 1.74. The summed E-state index contributed by atoms with van der Waals surface area (Å²) in [4.78, 5) is 4.58. The van der Waals surface area contributed by atoms with Crippen molar-refractivity contribution >= 4 is 27.2 Å². The topological polar surface area (TPSA) is 24.9 Å². The quantitative estimate of drug-likeness (QED) is 0.750. The Hall–Kier alpha value is -1.87. The highest BCUT2D eigenvalue weighted by Gasteiger charge is 2.02. The zero-order valence-corrected chi connectivity index (χ0v) is 10.1. The molecule has 17 heavy (non-hydrogen) atoms. The Morgan fingerprint density at radius 1 is 0.941 bits per heavy atom. The van der Waals surface area contributed by atoms with E-state index >= 15 is 0 Å². The van der Waals surface area contributed by atoms with Gasteiger partial charge in [0.25, 0.3) is 0 Å². The van der Waals surface area contributed by atoms with Crippen LogP contribution in [-0.2, 0) is 6.54 Å². The zero-order valence-electron chi connectivity index (χ0n) is 9.26. The first-order valence-corrected chi connectivity index (χ1v) is 6.37. The van der Waals surface area contributed by atoms with E-state index in [1.165, 1.54) is 4.70 Å². The van der Waals surface area contributed by atoms with Gasteiger partial charge in [-0.2, -0.15) is 0 Å². The standard InChI is InChI=1S/C14H12N2S/c1-2-6-11(7-3-1)15-10-14-16-12-8-4-5-9-13(12)17-14/h1-9,15H,10H2. The molecule has 0 unspecified atom stereocenters. The lowest BCUT2D eigenvalue weighted by molar-refractivity contribution is 1.12. The van der Waals surface area contributed by atoms with Crippen molar-refractivity contribution in [3.8, 4) is 0 Å². The normalized spacial score (nSPS) is 10.6. The minimum atomic E-state index is 0.781. The fourth-order valence-electron chi connectivity index (χ4n) is 1.73. The molecule has 3 heteroatoms. The molecule has 0 aliphatic rings. The summed E-state index contributed by atoms with van der Waals surface area (Å²) in [6.07, 6.45) is 0. The van der Waals surface area contributed by atoms with Crippen molar-refractivity contribution in [3.05, 3.63) is 59.6 Å². The van der Waals surface area contributed by atoms with E-state index in [2.05, 4.69) is 40.6 Å². The van der Waals surface area contributed by atoms with Crippen LogP contribution in [0, 0.1) is 0 Å². The van der Waals surface area contributed by atoms with E-state index < -0.39 is 0 Å². The van der Waals surface area contributed by atoms with Gasteiger partial charge in [-0.25, -0.2) is 4.98 Å². The van der Waals surface area contributed by atoms with Crippen LogP contribution in [0.4, 0.5) is 5.69 Å². The molecule has 3 rings (SSSR count). The maximum absolute atomic E-state index is 4.58. The van der Waals surface area contributed by atoms with Crippen LogP contribution in [0.25, 0.3) is 10.2 Å². The van der Waals surface area contributed by atoms with Gasteiger partial charge in [-0.05, 0) is 24.3 Å². The number of nitrogens with zero attached hydrogens (tertiary/aromatic N) is 1. The van der Waals surface area contributed by atoms with Gasteiger partial charge >= 0.3 is 0 Å². The van der Waals surface area contributed by atoms with Gasteiger partial charge < -0.3 is 5.32 Å². The fraction of sp³-hybridized carbons (Fsp3) is 0.0714. The van der Waals surface area contributed by atoms with Gasteiger partial charge in [-0.15, -0.1) is 11.3 Å². The number of hydrogen-bond donors (Lipinski definition) is 1. The number of rotatable bonds is 3. The van der Waals surface area contributed by atoms with Crippen LogP contribution in [-0.4, -0.2) is 4.98 Å². The summed E-state index contributed by atoms with van der Waals surface area (Å²) in [6.45, 7) is 0.781. The average Bonchev–Trinajstić information content (AvgIpc) is 2.80. The Labute approximate surface area is 104 Å². The van der Waals surface area contributed by atoms with E-state index in [0.29, 0.717) is 0 Å². The number of benzene rings is 2. The molecular weight excluding hydrogens is 228 g/mol. The minimum Gasteiger partial charge on any atom is -0.379 e. The summed E-state index contributed by atoms with van der Waals surface area (Å²) in [5.74, 6) is 0. The van der Waals surface area contributed by atoms with Crippen LogP contribution in [0.1, 0.15) is 5.01 Å². The number of hydrogen-bond acceptors (Lipinski definition) is 3. The molecular formula is C14H12N2S. The van der Waals surface area contributed by atoms with Crippen molar-refractivity contribution < 1.29 is 0 Å². The molecule has 0 spiro atoms. The van der Waals surface area contributed by atoms with Crippen molar-refractivity contribution in [3.63, 3.8) is 0 Å². The number of nitrogens with one attached hydrogen (secondary N) is 1. The Bertz CT molecular complexity index is 583. The SMILES string of the molecule is c1ccc(NCc2nc3ccccc3s2)cc1. The van der Waals surface area contributed by atoms with Crippen LogP contribution in [0.5, 0.6) is 0 Å². The van der Waals surface area contributed by atoms with Gasteiger partial charge in [0, 0.05) is 5.69 Å². The van der Waals surface area contributed by atoms with Crippen LogP contribution in [0.3, 0.4) is 0 Å². The molecule has 0 fully saturated rings. The number of thiazole rings is 1.